The lowest BCUT2D eigenvalue weighted by Gasteiger charge is -2.32. The standard InChI is InChI=1S/C15H28N2O.ClH/c1-12-7-3-2-6-10-17(12)15(18)11-13-8-4-5-9-14(13)16;/h12-14H,2-11,16H2,1H3;1H. The fourth-order valence-corrected chi connectivity index (χ4v) is 3.48. The number of carbonyl (C=O) groups is 1. The summed E-state index contributed by atoms with van der Waals surface area (Å²) in [6.45, 7) is 3.16. The average molecular weight is 289 g/mol. The molecule has 0 spiro atoms. The van der Waals surface area contributed by atoms with Crippen molar-refractivity contribution >= 4 is 18.3 Å². The molecule has 0 aromatic carbocycles. The molecule has 1 saturated heterocycles. The average Bonchev–Trinajstić information content (AvgIpc) is 2.57. The van der Waals surface area contributed by atoms with Gasteiger partial charge in [-0.1, -0.05) is 25.7 Å². The van der Waals surface area contributed by atoms with E-state index in [4.69, 9.17) is 5.73 Å². The van der Waals surface area contributed by atoms with Crippen molar-refractivity contribution in [3.63, 3.8) is 0 Å². The summed E-state index contributed by atoms with van der Waals surface area (Å²) >= 11 is 0. The normalized spacial score (nSPS) is 32.3. The highest BCUT2D eigenvalue weighted by molar-refractivity contribution is 5.85. The molecule has 19 heavy (non-hydrogen) atoms. The summed E-state index contributed by atoms with van der Waals surface area (Å²) in [5.41, 5.74) is 6.15. The molecular weight excluding hydrogens is 260 g/mol. The molecular formula is C15H29ClN2O. The van der Waals surface area contributed by atoms with Crippen LogP contribution in [0.15, 0.2) is 0 Å². The van der Waals surface area contributed by atoms with Crippen molar-refractivity contribution in [3.05, 3.63) is 0 Å². The largest absolute Gasteiger partial charge is 0.340 e. The second-order valence-electron chi connectivity index (χ2n) is 6.20. The highest BCUT2D eigenvalue weighted by atomic mass is 35.5. The van der Waals surface area contributed by atoms with Crippen molar-refractivity contribution in [3.8, 4) is 0 Å². The zero-order valence-electron chi connectivity index (χ0n) is 12.1. The number of carbonyl (C=O) groups excluding carboxylic acids is 1. The lowest BCUT2D eigenvalue weighted by Crippen LogP contribution is -2.42. The van der Waals surface area contributed by atoms with Crippen molar-refractivity contribution in [2.75, 3.05) is 6.54 Å². The summed E-state index contributed by atoms with van der Waals surface area (Å²) in [6, 6.07) is 0.685. The first-order valence-corrected chi connectivity index (χ1v) is 7.73. The molecule has 0 radical (unpaired) electrons. The highest BCUT2D eigenvalue weighted by Gasteiger charge is 2.28. The van der Waals surface area contributed by atoms with Crippen molar-refractivity contribution in [1.82, 2.24) is 4.90 Å². The molecule has 4 heteroatoms. The molecule has 1 aliphatic heterocycles. The van der Waals surface area contributed by atoms with Crippen molar-refractivity contribution in [2.45, 2.75) is 76.8 Å². The third-order valence-electron chi connectivity index (χ3n) is 4.78. The van der Waals surface area contributed by atoms with E-state index in [1.807, 2.05) is 0 Å². The Labute approximate surface area is 123 Å². The van der Waals surface area contributed by atoms with Crippen molar-refractivity contribution in [1.29, 1.82) is 0 Å². The lowest BCUT2D eigenvalue weighted by molar-refractivity contribution is -0.134. The molecule has 2 N–H and O–H groups in total. The van der Waals surface area contributed by atoms with Crippen molar-refractivity contribution < 1.29 is 4.79 Å². The second-order valence-corrected chi connectivity index (χ2v) is 6.20. The molecule has 1 amide bonds. The Morgan fingerprint density at radius 1 is 1.11 bits per heavy atom. The van der Waals surface area contributed by atoms with E-state index in [9.17, 15) is 4.79 Å². The molecule has 2 fully saturated rings. The number of rotatable bonds is 2. The van der Waals surface area contributed by atoms with Gasteiger partial charge in [-0.25, -0.2) is 0 Å². The van der Waals surface area contributed by atoms with Gasteiger partial charge in [0.15, 0.2) is 0 Å². The fraction of sp³-hybridized carbons (Fsp3) is 0.933. The molecule has 1 aliphatic carbocycles. The Kier molecular flexibility index (Phi) is 7.16. The molecule has 3 unspecified atom stereocenters. The van der Waals surface area contributed by atoms with Gasteiger partial charge in [0.05, 0.1) is 0 Å². The maximum atomic E-state index is 12.4. The number of hydrogen-bond donors (Lipinski definition) is 1. The molecule has 2 aliphatic rings. The number of likely N-dealkylation sites (tertiary alicyclic amines) is 1. The zero-order valence-corrected chi connectivity index (χ0v) is 13.0. The van der Waals surface area contributed by atoms with Crippen LogP contribution in [0.25, 0.3) is 0 Å². The first kappa shape index (κ1) is 16.8. The molecule has 0 aromatic heterocycles. The number of nitrogens with zero attached hydrogens (tertiary/aromatic N) is 1. The van der Waals surface area contributed by atoms with Gasteiger partial charge in [-0.05, 0) is 38.5 Å². The molecule has 1 heterocycles. The van der Waals surface area contributed by atoms with E-state index >= 15 is 0 Å². The van der Waals surface area contributed by atoms with Gasteiger partial charge < -0.3 is 10.6 Å². The quantitative estimate of drug-likeness (QED) is 0.849. The molecule has 2 rings (SSSR count). The highest BCUT2D eigenvalue weighted by Crippen LogP contribution is 2.27. The molecule has 3 atom stereocenters. The molecule has 1 saturated carbocycles. The van der Waals surface area contributed by atoms with Crippen LogP contribution in [-0.2, 0) is 4.79 Å². The smallest absolute Gasteiger partial charge is 0.223 e. The minimum Gasteiger partial charge on any atom is -0.340 e. The third kappa shape index (κ3) is 4.64. The number of nitrogens with two attached hydrogens (primary N) is 1. The van der Waals surface area contributed by atoms with Gasteiger partial charge in [0, 0.05) is 25.0 Å². The van der Waals surface area contributed by atoms with Crippen LogP contribution in [0, 0.1) is 5.92 Å². The van der Waals surface area contributed by atoms with Gasteiger partial charge in [-0.3, -0.25) is 4.79 Å². The van der Waals surface area contributed by atoms with Crippen LogP contribution in [0.2, 0.25) is 0 Å². The predicted molar refractivity (Wildman–Crippen MR) is 81.4 cm³/mol. The minimum atomic E-state index is 0. The summed E-state index contributed by atoms with van der Waals surface area (Å²) in [6.07, 6.45) is 10.3. The van der Waals surface area contributed by atoms with E-state index in [1.54, 1.807) is 0 Å². The van der Waals surface area contributed by atoms with E-state index in [0.29, 0.717) is 24.3 Å². The van der Waals surface area contributed by atoms with E-state index < -0.39 is 0 Å². The fourth-order valence-electron chi connectivity index (χ4n) is 3.48. The van der Waals surface area contributed by atoms with Gasteiger partial charge in [0.25, 0.3) is 0 Å². The van der Waals surface area contributed by atoms with Crippen LogP contribution in [0.3, 0.4) is 0 Å². The van der Waals surface area contributed by atoms with E-state index in [2.05, 4.69) is 11.8 Å². The van der Waals surface area contributed by atoms with Crippen LogP contribution < -0.4 is 5.73 Å². The molecule has 112 valence electrons. The molecule has 0 bridgehead atoms. The first-order valence-electron chi connectivity index (χ1n) is 7.73. The minimum absolute atomic E-state index is 0. The Hall–Kier alpha value is -0.280. The summed E-state index contributed by atoms with van der Waals surface area (Å²) in [7, 11) is 0. The Balaban J connectivity index is 0.00000180. The lowest BCUT2D eigenvalue weighted by atomic mass is 9.82. The summed E-state index contributed by atoms with van der Waals surface area (Å²) in [5.74, 6) is 0.786. The summed E-state index contributed by atoms with van der Waals surface area (Å²) in [5, 5.41) is 0. The SMILES string of the molecule is CC1CCCCCN1C(=O)CC1CCCCC1N.Cl. The molecule has 0 aromatic rings. The Morgan fingerprint density at radius 2 is 1.79 bits per heavy atom. The Bertz CT molecular complexity index is 285. The third-order valence-corrected chi connectivity index (χ3v) is 4.78. The first-order chi connectivity index (χ1) is 8.68. The predicted octanol–water partition coefficient (Wildman–Crippen LogP) is 3.11. The van der Waals surface area contributed by atoms with Gasteiger partial charge in [0.2, 0.25) is 5.91 Å². The van der Waals surface area contributed by atoms with Crippen LogP contribution in [0.5, 0.6) is 0 Å². The monoisotopic (exact) mass is 288 g/mol. The van der Waals surface area contributed by atoms with Crippen molar-refractivity contribution in [2.24, 2.45) is 11.7 Å². The van der Waals surface area contributed by atoms with Gasteiger partial charge in [-0.15, -0.1) is 12.4 Å². The molecule has 3 nitrogen and oxygen atoms in total. The van der Waals surface area contributed by atoms with Gasteiger partial charge in [0.1, 0.15) is 0 Å². The summed E-state index contributed by atoms with van der Waals surface area (Å²) < 4.78 is 0. The zero-order chi connectivity index (χ0) is 13.0. The number of hydrogen-bond acceptors (Lipinski definition) is 2. The van der Waals surface area contributed by atoms with Crippen LogP contribution in [0.4, 0.5) is 0 Å². The second kappa shape index (κ2) is 8.11. The van der Waals surface area contributed by atoms with E-state index in [1.165, 1.54) is 38.5 Å². The van der Waals surface area contributed by atoms with E-state index in [0.717, 1.165) is 19.4 Å². The number of halogens is 1. The maximum absolute atomic E-state index is 12.4. The van der Waals surface area contributed by atoms with Crippen LogP contribution in [-0.4, -0.2) is 29.4 Å². The summed E-state index contributed by atoms with van der Waals surface area (Å²) in [4.78, 5) is 14.6. The van der Waals surface area contributed by atoms with Gasteiger partial charge in [-0.2, -0.15) is 0 Å². The number of amides is 1. The van der Waals surface area contributed by atoms with Crippen LogP contribution >= 0.6 is 12.4 Å². The maximum Gasteiger partial charge on any atom is 0.223 e. The Morgan fingerprint density at radius 3 is 2.53 bits per heavy atom. The van der Waals surface area contributed by atoms with Gasteiger partial charge >= 0.3 is 0 Å². The van der Waals surface area contributed by atoms with Crippen LogP contribution in [0.1, 0.15) is 64.7 Å². The van der Waals surface area contributed by atoms with E-state index in [-0.39, 0.29) is 18.4 Å². The topological polar surface area (TPSA) is 46.3 Å².